The molecule has 1 aliphatic heterocycles. The fourth-order valence-electron chi connectivity index (χ4n) is 2.76. The van der Waals surface area contributed by atoms with Crippen molar-refractivity contribution in [2.75, 3.05) is 44.5 Å². The largest absolute Gasteiger partial charge is 0.496 e. The van der Waals surface area contributed by atoms with Crippen LogP contribution in [0.3, 0.4) is 0 Å². The third kappa shape index (κ3) is 4.32. The lowest BCUT2D eigenvalue weighted by molar-refractivity contribution is 0.0303. The fourth-order valence-corrected chi connectivity index (χ4v) is 2.92. The van der Waals surface area contributed by atoms with Crippen molar-refractivity contribution in [2.24, 2.45) is 0 Å². The molecule has 0 aromatic heterocycles. The van der Waals surface area contributed by atoms with E-state index in [4.69, 9.17) is 26.8 Å². The van der Waals surface area contributed by atoms with E-state index in [0.717, 1.165) is 0 Å². The number of rotatable bonds is 4. The molecule has 0 unspecified atom stereocenters. The molecule has 3 N–H and O–H groups in total. The SMILES string of the molecule is COc1cc(N)c(Cl)cc1C(=O)Nc1ccc(C(=O)N2CCOCC2)cc1. The lowest BCUT2D eigenvalue weighted by Gasteiger charge is -2.26. The smallest absolute Gasteiger partial charge is 0.259 e. The Morgan fingerprint density at radius 1 is 1.19 bits per heavy atom. The minimum Gasteiger partial charge on any atom is -0.496 e. The molecule has 27 heavy (non-hydrogen) atoms. The van der Waals surface area contributed by atoms with Gasteiger partial charge in [-0.25, -0.2) is 0 Å². The Bertz CT molecular complexity index is 849. The summed E-state index contributed by atoms with van der Waals surface area (Å²) in [5, 5.41) is 3.03. The number of anilines is 2. The highest BCUT2D eigenvalue weighted by Crippen LogP contribution is 2.29. The second-order valence-electron chi connectivity index (χ2n) is 6.01. The molecule has 0 saturated carbocycles. The molecule has 1 saturated heterocycles. The number of amides is 2. The van der Waals surface area contributed by atoms with Gasteiger partial charge in [-0.3, -0.25) is 9.59 Å². The number of nitrogen functional groups attached to an aromatic ring is 1. The van der Waals surface area contributed by atoms with E-state index >= 15 is 0 Å². The molecule has 2 amide bonds. The van der Waals surface area contributed by atoms with Gasteiger partial charge >= 0.3 is 0 Å². The lowest BCUT2D eigenvalue weighted by atomic mass is 10.1. The Morgan fingerprint density at radius 2 is 1.85 bits per heavy atom. The number of ether oxygens (including phenoxy) is 2. The molecular formula is C19H20ClN3O4. The maximum Gasteiger partial charge on any atom is 0.259 e. The topological polar surface area (TPSA) is 93.9 Å². The number of carbonyl (C=O) groups is 2. The number of nitrogens with two attached hydrogens (primary N) is 1. The standard InChI is InChI=1S/C19H20ClN3O4/c1-26-17-11-16(21)15(20)10-14(17)18(24)22-13-4-2-12(3-5-13)19(25)23-6-8-27-9-7-23/h2-5,10-11H,6-9,21H2,1H3,(H,22,24). The summed E-state index contributed by atoms with van der Waals surface area (Å²) in [6.07, 6.45) is 0. The summed E-state index contributed by atoms with van der Waals surface area (Å²) >= 11 is 6.01. The predicted molar refractivity (Wildman–Crippen MR) is 104 cm³/mol. The van der Waals surface area contributed by atoms with Crippen LogP contribution in [0.15, 0.2) is 36.4 Å². The van der Waals surface area contributed by atoms with Gasteiger partial charge in [-0.1, -0.05) is 11.6 Å². The van der Waals surface area contributed by atoms with Crippen LogP contribution in [0.1, 0.15) is 20.7 Å². The first kappa shape index (κ1) is 19.0. The van der Waals surface area contributed by atoms with Crippen molar-refractivity contribution in [1.82, 2.24) is 4.90 Å². The molecule has 0 atom stereocenters. The number of morpholine rings is 1. The predicted octanol–water partition coefficient (Wildman–Crippen LogP) is 2.66. The Balaban J connectivity index is 1.72. The average molecular weight is 390 g/mol. The molecule has 0 aliphatic carbocycles. The number of hydrogen-bond donors (Lipinski definition) is 2. The van der Waals surface area contributed by atoms with Gasteiger partial charge in [-0.15, -0.1) is 0 Å². The highest BCUT2D eigenvalue weighted by atomic mass is 35.5. The number of nitrogens with zero attached hydrogens (tertiary/aromatic N) is 1. The van der Waals surface area contributed by atoms with Crippen molar-refractivity contribution in [3.8, 4) is 5.75 Å². The van der Waals surface area contributed by atoms with E-state index in [9.17, 15) is 9.59 Å². The zero-order valence-electron chi connectivity index (χ0n) is 14.8. The first-order chi connectivity index (χ1) is 13.0. The molecule has 0 spiro atoms. The van der Waals surface area contributed by atoms with Crippen molar-refractivity contribution in [3.05, 3.63) is 52.5 Å². The van der Waals surface area contributed by atoms with Crippen LogP contribution < -0.4 is 15.8 Å². The summed E-state index contributed by atoms with van der Waals surface area (Å²) in [7, 11) is 1.45. The molecule has 1 heterocycles. The lowest BCUT2D eigenvalue weighted by Crippen LogP contribution is -2.40. The average Bonchev–Trinajstić information content (AvgIpc) is 2.70. The van der Waals surface area contributed by atoms with Crippen molar-refractivity contribution < 1.29 is 19.1 Å². The third-order valence-electron chi connectivity index (χ3n) is 4.25. The second kappa shape index (κ2) is 8.28. The van der Waals surface area contributed by atoms with Crippen LogP contribution in [0, 0.1) is 0 Å². The summed E-state index contributed by atoms with van der Waals surface area (Å²) in [6.45, 7) is 2.25. The van der Waals surface area contributed by atoms with Crippen molar-refractivity contribution in [3.63, 3.8) is 0 Å². The molecule has 8 heteroatoms. The van der Waals surface area contributed by atoms with E-state index in [1.807, 2.05) is 0 Å². The van der Waals surface area contributed by atoms with Gasteiger partial charge in [0.1, 0.15) is 5.75 Å². The van der Waals surface area contributed by atoms with Crippen LogP contribution >= 0.6 is 11.6 Å². The molecule has 2 aromatic carbocycles. The second-order valence-corrected chi connectivity index (χ2v) is 6.42. The minimum atomic E-state index is -0.388. The van der Waals surface area contributed by atoms with Gasteiger partial charge in [0, 0.05) is 30.4 Å². The van der Waals surface area contributed by atoms with Crippen LogP contribution in [-0.4, -0.2) is 50.1 Å². The highest BCUT2D eigenvalue weighted by molar-refractivity contribution is 6.33. The van der Waals surface area contributed by atoms with Crippen molar-refractivity contribution in [2.45, 2.75) is 0 Å². The van der Waals surface area contributed by atoms with E-state index in [1.165, 1.54) is 19.2 Å². The molecule has 142 valence electrons. The molecule has 0 bridgehead atoms. The zero-order valence-corrected chi connectivity index (χ0v) is 15.6. The van der Waals surface area contributed by atoms with Gasteiger partial charge in [-0.2, -0.15) is 0 Å². The maximum absolute atomic E-state index is 12.5. The summed E-state index contributed by atoms with van der Waals surface area (Å²) in [4.78, 5) is 26.7. The fraction of sp³-hybridized carbons (Fsp3) is 0.263. The quantitative estimate of drug-likeness (QED) is 0.784. The van der Waals surface area contributed by atoms with Gasteiger partial charge in [0.2, 0.25) is 0 Å². The number of nitrogens with one attached hydrogen (secondary N) is 1. The maximum atomic E-state index is 12.5. The van der Waals surface area contributed by atoms with Crippen LogP contribution in [0.25, 0.3) is 0 Å². The normalized spacial score (nSPS) is 13.9. The Kier molecular flexibility index (Phi) is 5.83. The van der Waals surface area contributed by atoms with Gasteiger partial charge < -0.3 is 25.4 Å². The third-order valence-corrected chi connectivity index (χ3v) is 4.58. The molecule has 2 aromatic rings. The van der Waals surface area contributed by atoms with Crippen LogP contribution in [0.4, 0.5) is 11.4 Å². The number of carbonyl (C=O) groups excluding carboxylic acids is 2. The van der Waals surface area contributed by atoms with Crippen molar-refractivity contribution in [1.29, 1.82) is 0 Å². The van der Waals surface area contributed by atoms with E-state index in [0.29, 0.717) is 49.0 Å². The molecule has 3 rings (SSSR count). The number of methoxy groups -OCH3 is 1. The van der Waals surface area contributed by atoms with E-state index < -0.39 is 0 Å². The zero-order chi connectivity index (χ0) is 19.4. The Hall–Kier alpha value is -2.77. The summed E-state index contributed by atoms with van der Waals surface area (Å²) in [5.74, 6) is -0.113. The molecule has 1 aliphatic rings. The van der Waals surface area contributed by atoms with E-state index in [2.05, 4.69) is 5.32 Å². The number of halogens is 1. The molecule has 0 radical (unpaired) electrons. The Labute approximate surface area is 162 Å². The minimum absolute atomic E-state index is 0.0526. The molecule has 1 fully saturated rings. The number of hydrogen-bond acceptors (Lipinski definition) is 5. The van der Waals surface area contributed by atoms with Gasteiger partial charge in [0.15, 0.2) is 0 Å². The summed E-state index contributed by atoms with van der Waals surface area (Å²) in [5.41, 5.74) is 7.44. The first-order valence-corrected chi connectivity index (χ1v) is 8.79. The Morgan fingerprint density at radius 3 is 2.48 bits per heavy atom. The van der Waals surface area contributed by atoms with Gasteiger partial charge in [0.25, 0.3) is 11.8 Å². The highest BCUT2D eigenvalue weighted by Gasteiger charge is 2.19. The molecular weight excluding hydrogens is 370 g/mol. The van der Waals surface area contributed by atoms with Crippen LogP contribution in [0.5, 0.6) is 5.75 Å². The monoisotopic (exact) mass is 389 g/mol. The summed E-state index contributed by atoms with van der Waals surface area (Å²) < 4.78 is 10.5. The van der Waals surface area contributed by atoms with E-state index in [-0.39, 0.29) is 22.4 Å². The first-order valence-electron chi connectivity index (χ1n) is 8.41. The summed E-state index contributed by atoms with van der Waals surface area (Å²) in [6, 6.07) is 9.68. The van der Waals surface area contributed by atoms with Gasteiger partial charge in [-0.05, 0) is 30.3 Å². The number of benzene rings is 2. The van der Waals surface area contributed by atoms with Crippen molar-refractivity contribution >= 4 is 34.8 Å². The van der Waals surface area contributed by atoms with E-state index in [1.54, 1.807) is 29.2 Å². The van der Waals surface area contributed by atoms with Crippen LogP contribution in [0.2, 0.25) is 5.02 Å². The molecule has 7 nitrogen and oxygen atoms in total. The van der Waals surface area contributed by atoms with Crippen LogP contribution in [-0.2, 0) is 4.74 Å². The van der Waals surface area contributed by atoms with Gasteiger partial charge in [0.05, 0.1) is 36.6 Å².